The highest BCUT2D eigenvalue weighted by Crippen LogP contribution is 2.35. The van der Waals surface area contributed by atoms with Crippen molar-refractivity contribution in [2.45, 2.75) is 51.6 Å². The fourth-order valence-corrected chi connectivity index (χ4v) is 3.60. The van der Waals surface area contributed by atoms with Crippen LogP contribution in [0.3, 0.4) is 0 Å². The highest BCUT2D eigenvalue weighted by molar-refractivity contribution is 5.84. The fourth-order valence-electron chi connectivity index (χ4n) is 3.60. The molecule has 2 aromatic rings. The van der Waals surface area contributed by atoms with Crippen LogP contribution in [0.15, 0.2) is 36.4 Å². The first kappa shape index (κ1) is 25.3. The smallest absolute Gasteiger partial charge is 0.416 e. The van der Waals surface area contributed by atoms with E-state index >= 15 is 0 Å². The highest BCUT2D eigenvalue weighted by Gasteiger charge is 2.39. The maximum atomic E-state index is 14.0. The van der Waals surface area contributed by atoms with E-state index in [1.54, 1.807) is 32.9 Å². The van der Waals surface area contributed by atoms with Crippen molar-refractivity contribution in [3.05, 3.63) is 64.5 Å². The second kappa shape index (κ2) is 9.52. The Morgan fingerprint density at radius 2 is 1.79 bits per heavy atom. The Morgan fingerprint density at radius 1 is 1.09 bits per heavy atom. The molecule has 0 unspecified atom stereocenters. The van der Waals surface area contributed by atoms with E-state index in [1.165, 1.54) is 18.1 Å². The van der Waals surface area contributed by atoms with Crippen LogP contribution in [0.2, 0.25) is 0 Å². The number of rotatable bonds is 4. The quantitative estimate of drug-likeness (QED) is 0.429. The minimum absolute atomic E-state index is 0.174. The molecule has 0 N–H and O–H groups in total. The summed E-state index contributed by atoms with van der Waals surface area (Å²) in [6, 6.07) is 5.79. The van der Waals surface area contributed by atoms with E-state index in [-0.39, 0.29) is 17.9 Å². The van der Waals surface area contributed by atoms with Gasteiger partial charge in [-0.2, -0.15) is 13.2 Å². The van der Waals surface area contributed by atoms with E-state index in [2.05, 4.69) is 0 Å². The number of hydrogen-bond acceptors (Lipinski definition) is 5. The number of alkyl halides is 3. The van der Waals surface area contributed by atoms with Gasteiger partial charge in [-0.1, -0.05) is 6.07 Å². The van der Waals surface area contributed by atoms with Gasteiger partial charge in [-0.05, 0) is 68.7 Å². The third-order valence-electron chi connectivity index (χ3n) is 5.16. The van der Waals surface area contributed by atoms with Crippen molar-refractivity contribution in [3.63, 3.8) is 0 Å². The lowest BCUT2D eigenvalue weighted by Gasteiger charge is -2.36. The lowest BCUT2D eigenvalue weighted by molar-refractivity contribution is -0.147. The predicted molar refractivity (Wildman–Crippen MR) is 114 cm³/mol. The van der Waals surface area contributed by atoms with Crippen LogP contribution >= 0.6 is 0 Å². The van der Waals surface area contributed by atoms with Crippen molar-refractivity contribution < 1.29 is 41.4 Å². The highest BCUT2D eigenvalue weighted by atomic mass is 19.4. The van der Waals surface area contributed by atoms with Crippen molar-refractivity contribution in [2.75, 3.05) is 13.7 Å². The first-order valence-corrected chi connectivity index (χ1v) is 10.5. The zero-order valence-corrected chi connectivity index (χ0v) is 19.2. The molecule has 0 spiro atoms. The summed E-state index contributed by atoms with van der Waals surface area (Å²) in [5, 5.41) is 0. The number of nitrogens with zero attached hydrogens (tertiary/aromatic N) is 1. The molecule has 3 rings (SSSR count). The number of ether oxygens (including phenoxy) is 3. The third kappa shape index (κ3) is 5.78. The molecule has 10 heteroatoms. The van der Waals surface area contributed by atoms with Crippen LogP contribution < -0.4 is 4.74 Å². The van der Waals surface area contributed by atoms with Gasteiger partial charge in [0.2, 0.25) is 0 Å². The molecule has 1 amide bonds. The zero-order chi connectivity index (χ0) is 25.3. The maximum absolute atomic E-state index is 14.0. The molecular weight excluding hydrogens is 458 g/mol. The van der Waals surface area contributed by atoms with Crippen LogP contribution in [-0.2, 0) is 33.5 Å². The Bertz CT molecular complexity index is 1080. The number of amides is 1. The summed E-state index contributed by atoms with van der Waals surface area (Å²) in [4.78, 5) is 26.5. The summed E-state index contributed by atoms with van der Waals surface area (Å²) in [6.07, 6.45) is -4.89. The summed E-state index contributed by atoms with van der Waals surface area (Å²) >= 11 is 0. The van der Waals surface area contributed by atoms with Gasteiger partial charge < -0.3 is 14.2 Å². The van der Waals surface area contributed by atoms with E-state index in [0.29, 0.717) is 29.7 Å². The molecule has 0 fully saturated rings. The zero-order valence-electron chi connectivity index (χ0n) is 19.2. The van der Waals surface area contributed by atoms with Crippen molar-refractivity contribution in [1.82, 2.24) is 4.90 Å². The first-order chi connectivity index (χ1) is 15.8. The van der Waals surface area contributed by atoms with Crippen LogP contribution in [0.5, 0.6) is 5.75 Å². The third-order valence-corrected chi connectivity index (χ3v) is 5.16. The molecule has 0 saturated carbocycles. The molecule has 34 heavy (non-hydrogen) atoms. The van der Waals surface area contributed by atoms with Crippen molar-refractivity contribution in [2.24, 2.45) is 0 Å². The van der Waals surface area contributed by atoms with Crippen LogP contribution in [-0.4, -0.2) is 36.2 Å². The van der Waals surface area contributed by atoms with E-state index in [4.69, 9.17) is 14.2 Å². The van der Waals surface area contributed by atoms with Gasteiger partial charge in [-0.3, -0.25) is 4.90 Å². The van der Waals surface area contributed by atoms with Gasteiger partial charge in [0.15, 0.2) is 6.04 Å². The average Bonchev–Trinajstić information content (AvgIpc) is 2.75. The Morgan fingerprint density at radius 3 is 2.41 bits per heavy atom. The summed E-state index contributed by atoms with van der Waals surface area (Å²) in [7, 11) is 1.21. The lowest BCUT2D eigenvalue weighted by atomic mass is 9.92. The number of esters is 1. The van der Waals surface area contributed by atoms with Crippen molar-refractivity contribution >= 4 is 12.1 Å². The molecule has 0 aromatic heterocycles. The molecule has 6 nitrogen and oxygen atoms in total. The van der Waals surface area contributed by atoms with Gasteiger partial charge in [0, 0.05) is 12.1 Å². The van der Waals surface area contributed by atoms with Crippen LogP contribution in [0.1, 0.15) is 49.1 Å². The molecule has 0 aliphatic carbocycles. The van der Waals surface area contributed by atoms with E-state index in [1.807, 2.05) is 0 Å². The number of carbonyl (C=O) groups is 2. The van der Waals surface area contributed by atoms with Gasteiger partial charge in [-0.15, -0.1) is 0 Å². The largest absolute Gasteiger partial charge is 0.489 e. The molecule has 0 saturated heterocycles. The normalized spacial score (nSPS) is 16.0. The van der Waals surface area contributed by atoms with Crippen molar-refractivity contribution in [3.8, 4) is 5.75 Å². The number of fused-ring (bicyclic) bond motifs is 1. The Balaban J connectivity index is 1.83. The molecule has 1 atom stereocenters. The molecule has 1 heterocycles. The average molecular weight is 483 g/mol. The Kier molecular flexibility index (Phi) is 7.09. The summed E-state index contributed by atoms with van der Waals surface area (Å²) < 4.78 is 68.6. The Hall–Kier alpha value is -3.30. The molecule has 0 radical (unpaired) electrons. The number of carbonyl (C=O) groups excluding carboxylic acids is 2. The maximum Gasteiger partial charge on any atom is 0.416 e. The van der Waals surface area contributed by atoms with Crippen LogP contribution in [0.4, 0.5) is 22.4 Å². The number of methoxy groups -OCH3 is 1. The van der Waals surface area contributed by atoms with Gasteiger partial charge in [0.05, 0.1) is 12.7 Å². The minimum Gasteiger partial charge on any atom is -0.489 e. The molecule has 1 aliphatic heterocycles. The molecule has 0 bridgehead atoms. The molecular formula is C24H25F4NO5. The standard InChI is InChI=1S/C24H25F4NO5/c1-23(2,3)34-22(31)29-10-9-14-12-17(6-7-18(14)20(29)21(30)32-4)33-13-15-11-16(24(26,27)28)5-8-19(15)25/h5-8,11-12,20H,9-10,13H2,1-4H3/t20-/m1/s1. The predicted octanol–water partition coefficient (Wildman–Crippen LogP) is 5.43. The van der Waals surface area contributed by atoms with Crippen LogP contribution in [0.25, 0.3) is 0 Å². The Labute approximate surface area is 194 Å². The van der Waals surface area contributed by atoms with E-state index < -0.39 is 47.9 Å². The second-order valence-corrected chi connectivity index (χ2v) is 8.80. The fraction of sp³-hybridized carbons (Fsp3) is 0.417. The topological polar surface area (TPSA) is 65.1 Å². The SMILES string of the molecule is COC(=O)[C@H]1c2ccc(OCc3cc(C(F)(F)F)ccc3F)cc2CCN1C(=O)OC(C)(C)C. The summed E-state index contributed by atoms with van der Waals surface area (Å²) in [5.74, 6) is -1.18. The monoisotopic (exact) mass is 483 g/mol. The van der Waals surface area contributed by atoms with Gasteiger partial charge in [0.25, 0.3) is 0 Å². The minimum atomic E-state index is -4.60. The van der Waals surface area contributed by atoms with Gasteiger partial charge >= 0.3 is 18.2 Å². The van der Waals surface area contributed by atoms with E-state index in [0.717, 1.165) is 6.07 Å². The molecule has 2 aromatic carbocycles. The van der Waals surface area contributed by atoms with Crippen molar-refractivity contribution in [1.29, 1.82) is 0 Å². The molecule has 184 valence electrons. The summed E-state index contributed by atoms with van der Waals surface area (Å²) in [6.45, 7) is 4.90. The lowest BCUT2D eigenvalue weighted by Crippen LogP contribution is -2.46. The van der Waals surface area contributed by atoms with Gasteiger partial charge in [0.1, 0.15) is 23.8 Å². The number of benzene rings is 2. The number of halogens is 4. The first-order valence-electron chi connectivity index (χ1n) is 10.5. The molecule has 1 aliphatic rings. The second-order valence-electron chi connectivity index (χ2n) is 8.80. The van der Waals surface area contributed by atoms with E-state index in [9.17, 15) is 27.2 Å². The van der Waals surface area contributed by atoms with Crippen LogP contribution in [0, 0.1) is 5.82 Å². The number of hydrogen-bond donors (Lipinski definition) is 0. The van der Waals surface area contributed by atoms with Gasteiger partial charge in [-0.25, -0.2) is 14.0 Å². The summed E-state index contributed by atoms with van der Waals surface area (Å²) in [5.41, 5.74) is -0.759.